The molecule has 172 valence electrons. The molecule has 3 atom stereocenters. The zero-order valence-corrected chi connectivity index (χ0v) is 19.4. The molecule has 2 saturated heterocycles. The molecule has 1 saturated carbocycles. The third-order valence-corrected chi connectivity index (χ3v) is 8.70. The van der Waals surface area contributed by atoms with E-state index in [1.165, 1.54) is 58.7 Å². The van der Waals surface area contributed by atoms with Gasteiger partial charge in [0.05, 0.1) is 28.3 Å². The van der Waals surface area contributed by atoms with E-state index in [4.69, 9.17) is 9.97 Å². The van der Waals surface area contributed by atoms with Crippen molar-refractivity contribution in [2.45, 2.75) is 56.5 Å². The van der Waals surface area contributed by atoms with E-state index in [0.29, 0.717) is 6.04 Å². The van der Waals surface area contributed by atoms with Gasteiger partial charge in [-0.1, -0.05) is 24.3 Å². The van der Waals surface area contributed by atoms with Gasteiger partial charge in [0, 0.05) is 11.3 Å². The minimum absolute atomic E-state index is 0.138. The maximum Gasteiger partial charge on any atom is 0.127 e. The fraction of sp³-hybridized carbons (Fsp3) is 0.429. The first kappa shape index (κ1) is 19.4. The van der Waals surface area contributed by atoms with Gasteiger partial charge >= 0.3 is 0 Å². The molecule has 2 aliphatic carbocycles. The average Bonchev–Trinajstić information content (AvgIpc) is 3.41. The standard InChI is InChI=1S/C28H30N6/c1-3-18-13-16(17-7-9-21-24(14-17)32-26(31-21)23-5-2-11-29-23)6-8-20(18)25-22(4-1)33-27(34-25)28-15-19(28)10-12-30-28/h6-9,13-14,19,23,29-30H,1-5,10-12,15H2,(H,31,32)(H,33,34)/t19-,23-,28?/m0/s1. The van der Waals surface area contributed by atoms with Gasteiger partial charge in [0.25, 0.3) is 0 Å². The summed E-state index contributed by atoms with van der Waals surface area (Å²) in [5.74, 6) is 3.02. The molecule has 0 spiro atoms. The lowest BCUT2D eigenvalue weighted by Gasteiger charge is -2.11. The zero-order valence-electron chi connectivity index (χ0n) is 19.4. The van der Waals surface area contributed by atoms with Crippen LogP contribution in [0.2, 0.25) is 0 Å². The van der Waals surface area contributed by atoms with Crippen LogP contribution >= 0.6 is 0 Å². The van der Waals surface area contributed by atoms with Crippen LogP contribution in [0.25, 0.3) is 33.4 Å². The van der Waals surface area contributed by atoms with Crippen LogP contribution in [-0.2, 0) is 18.4 Å². The van der Waals surface area contributed by atoms with E-state index < -0.39 is 0 Å². The van der Waals surface area contributed by atoms with E-state index in [1.807, 2.05) is 0 Å². The summed E-state index contributed by atoms with van der Waals surface area (Å²) in [7, 11) is 0. The predicted octanol–water partition coefficient (Wildman–Crippen LogP) is 4.74. The number of benzene rings is 2. The number of imidazole rings is 2. The van der Waals surface area contributed by atoms with Crippen LogP contribution in [0.5, 0.6) is 0 Å². The third kappa shape index (κ3) is 2.82. The summed E-state index contributed by atoms with van der Waals surface area (Å²) < 4.78 is 0. The van der Waals surface area contributed by atoms with Crippen molar-refractivity contribution in [2.24, 2.45) is 5.92 Å². The van der Waals surface area contributed by atoms with E-state index in [-0.39, 0.29) is 5.54 Å². The first-order valence-corrected chi connectivity index (χ1v) is 13.0. The van der Waals surface area contributed by atoms with Crippen molar-refractivity contribution >= 4 is 11.0 Å². The fourth-order valence-electron chi connectivity index (χ4n) is 6.72. The minimum atomic E-state index is 0.138. The summed E-state index contributed by atoms with van der Waals surface area (Å²) in [5, 5.41) is 7.28. The van der Waals surface area contributed by atoms with Crippen molar-refractivity contribution in [3.8, 4) is 22.4 Å². The van der Waals surface area contributed by atoms with Gasteiger partial charge in [-0.2, -0.15) is 0 Å². The molecule has 8 rings (SSSR count). The van der Waals surface area contributed by atoms with E-state index in [1.54, 1.807) is 0 Å². The number of fused-ring (bicyclic) bond motifs is 5. The molecule has 2 aromatic carbocycles. The lowest BCUT2D eigenvalue weighted by Crippen LogP contribution is -2.26. The summed E-state index contributed by atoms with van der Waals surface area (Å²) >= 11 is 0. The number of hydrogen-bond donors (Lipinski definition) is 4. The Labute approximate surface area is 199 Å². The molecule has 6 nitrogen and oxygen atoms in total. The maximum atomic E-state index is 5.19. The SMILES string of the molecule is c1cc2c(cc1-c1ccc3nc([C@@H]4CCCN4)[nH]c3c1)CCCc1[nH]c(C34C[C@@H]3CCN4)nc1-2. The van der Waals surface area contributed by atoms with Crippen LogP contribution in [0.1, 0.15) is 61.1 Å². The van der Waals surface area contributed by atoms with E-state index in [9.17, 15) is 0 Å². The van der Waals surface area contributed by atoms with Crippen LogP contribution in [0, 0.1) is 5.92 Å². The van der Waals surface area contributed by atoms with Crippen molar-refractivity contribution in [3.63, 3.8) is 0 Å². The van der Waals surface area contributed by atoms with Crippen molar-refractivity contribution in [1.29, 1.82) is 0 Å². The highest BCUT2D eigenvalue weighted by molar-refractivity contribution is 5.83. The average molecular weight is 451 g/mol. The van der Waals surface area contributed by atoms with Gasteiger partial charge in [-0.05, 0) is 92.8 Å². The summed E-state index contributed by atoms with van der Waals surface area (Å²) in [6.45, 7) is 2.20. The number of hydrogen-bond acceptors (Lipinski definition) is 4. The Bertz CT molecular complexity index is 1420. The molecule has 6 heteroatoms. The largest absolute Gasteiger partial charge is 0.344 e. The first-order valence-electron chi connectivity index (χ1n) is 13.0. The van der Waals surface area contributed by atoms with Gasteiger partial charge in [0.15, 0.2) is 0 Å². The molecule has 34 heavy (non-hydrogen) atoms. The summed E-state index contributed by atoms with van der Waals surface area (Å²) in [6, 6.07) is 13.9. The Hall–Kier alpha value is -2.96. The van der Waals surface area contributed by atoms with Crippen LogP contribution in [-0.4, -0.2) is 33.0 Å². The molecule has 2 aromatic heterocycles. The fourth-order valence-corrected chi connectivity index (χ4v) is 6.72. The van der Waals surface area contributed by atoms with Gasteiger partial charge in [-0.15, -0.1) is 0 Å². The maximum absolute atomic E-state index is 5.19. The molecule has 3 fully saturated rings. The van der Waals surface area contributed by atoms with E-state index in [2.05, 4.69) is 57.0 Å². The molecule has 0 radical (unpaired) electrons. The number of piperidine rings is 1. The van der Waals surface area contributed by atoms with Crippen molar-refractivity contribution < 1.29 is 0 Å². The Morgan fingerprint density at radius 2 is 1.82 bits per heavy atom. The first-order chi connectivity index (χ1) is 16.8. The van der Waals surface area contributed by atoms with Gasteiger partial charge in [0.1, 0.15) is 11.6 Å². The van der Waals surface area contributed by atoms with Crippen molar-refractivity contribution in [3.05, 3.63) is 59.3 Å². The second-order valence-electron chi connectivity index (χ2n) is 10.7. The molecular weight excluding hydrogens is 420 g/mol. The molecule has 0 amide bonds. The van der Waals surface area contributed by atoms with Crippen molar-refractivity contribution in [2.75, 3.05) is 13.1 Å². The summed E-state index contributed by atoms with van der Waals surface area (Å²) in [6.07, 6.45) is 8.23. The smallest absolute Gasteiger partial charge is 0.127 e. The molecule has 1 unspecified atom stereocenters. The highest BCUT2D eigenvalue weighted by Gasteiger charge is 2.60. The van der Waals surface area contributed by atoms with Crippen molar-refractivity contribution in [1.82, 2.24) is 30.6 Å². The molecule has 4 aromatic rings. The summed E-state index contributed by atoms with van der Waals surface area (Å²) in [5.41, 5.74) is 10.1. The van der Waals surface area contributed by atoms with Crippen LogP contribution in [0.4, 0.5) is 0 Å². The summed E-state index contributed by atoms with van der Waals surface area (Å²) in [4.78, 5) is 17.4. The Balaban J connectivity index is 1.15. The molecule has 2 aliphatic heterocycles. The molecule has 4 N–H and O–H groups in total. The number of aryl methyl sites for hydroxylation is 2. The number of rotatable bonds is 3. The van der Waals surface area contributed by atoms with Gasteiger partial charge < -0.3 is 20.6 Å². The Morgan fingerprint density at radius 3 is 2.68 bits per heavy atom. The number of aromatic nitrogens is 4. The zero-order chi connectivity index (χ0) is 22.3. The molecule has 0 bridgehead atoms. The highest BCUT2D eigenvalue weighted by Crippen LogP contribution is 2.56. The van der Waals surface area contributed by atoms with Crippen LogP contribution in [0.3, 0.4) is 0 Å². The molecule has 4 aliphatic rings. The van der Waals surface area contributed by atoms with Gasteiger partial charge in [-0.25, -0.2) is 9.97 Å². The molecular formula is C28H30N6. The lowest BCUT2D eigenvalue weighted by molar-refractivity contribution is 0.548. The third-order valence-electron chi connectivity index (χ3n) is 8.70. The number of H-pyrrole nitrogens is 2. The number of nitrogens with zero attached hydrogens (tertiary/aromatic N) is 2. The number of aromatic amines is 2. The van der Waals surface area contributed by atoms with E-state index in [0.717, 1.165) is 61.5 Å². The van der Waals surface area contributed by atoms with E-state index >= 15 is 0 Å². The van der Waals surface area contributed by atoms with Gasteiger partial charge in [-0.3, -0.25) is 0 Å². The normalized spacial score (nSPS) is 27.4. The highest BCUT2D eigenvalue weighted by atomic mass is 15.2. The quantitative estimate of drug-likeness (QED) is 0.363. The Morgan fingerprint density at radius 1 is 0.882 bits per heavy atom. The van der Waals surface area contributed by atoms with Crippen LogP contribution in [0.15, 0.2) is 36.4 Å². The minimum Gasteiger partial charge on any atom is -0.344 e. The monoisotopic (exact) mass is 450 g/mol. The van der Waals surface area contributed by atoms with Crippen LogP contribution < -0.4 is 10.6 Å². The molecule has 4 heterocycles. The second-order valence-corrected chi connectivity index (χ2v) is 10.7. The second kappa shape index (κ2) is 7.03. The van der Waals surface area contributed by atoms with Gasteiger partial charge in [0.2, 0.25) is 0 Å². The Kier molecular flexibility index (Phi) is 4.00. The number of nitrogens with one attached hydrogen (secondary N) is 4. The topological polar surface area (TPSA) is 81.4 Å². The lowest BCUT2D eigenvalue weighted by atomic mass is 9.96. The predicted molar refractivity (Wildman–Crippen MR) is 134 cm³/mol.